The molecule has 0 fully saturated rings. The van der Waals surface area contributed by atoms with E-state index in [0.717, 1.165) is 148 Å². The first-order valence-electron chi connectivity index (χ1n) is 31.8. The highest BCUT2D eigenvalue weighted by atomic mass is 16.6. The van der Waals surface area contributed by atoms with Crippen molar-refractivity contribution >= 4 is 17.9 Å². The summed E-state index contributed by atoms with van der Waals surface area (Å²) in [5, 5.41) is 0. The molecule has 0 N–H and O–H groups in total. The van der Waals surface area contributed by atoms with E-state index in [0.29, 0.717) is 12.8 Å². The molecule has 0 rings (SSSR count). The second-order valence-electron chi connectivity index (χ2n) is 20.6. The van der Waals surface area contributed by atoms with Crippen LogP contribution in [0.5, 0.6) is 0 Å². The molecule has 0 radical (unpaired) electrons. The maximum atomic E-state index is 12.9. The van der Waals surface area contributed by atoms with Crippen LogP contribution in [0.3, 0.4) is 0 Å². The quantitative estimate of drug-likeness (QED) is 0.0261. The number of unbranched alkanes of at least 4 members (excludes halogenated alkanes) is 21. The zero-order chi connectivity index (χ0) is 56.4. The largest absolute Gasteiger partial charge is 0.462 e. The molecule has 6 heteroatoms. The fraction of sp³-hybridized carbons (Fsp3) is 0.625. The van der Waals surface area contributed by atoms with Crippen molar-refractivity contribution in [3.05, 3.63) is 146 Å². The van der Waals surface area contributed by atoms with E-state index in [1.165, 1.54) is 83.5 Å². The fourth-order valence-electron chi connectivity index (χ4n) is 8.39. The van der Waals surface area contributed by atoms with Gasteiger partial charge < -0.3 is 14.2 Å². The summed E-state index contributed by atoms with van der Waals surface area (Å²) in [4.78, 5) is 38.3. The molecule has 0 aliphatic heterocycles. The van der Waals surface area contributed by atoms with Crippen molar-refractivity contribution in [3.8, 4) is 0 Å². The van der Waals surface area contributed by atoms with Crippen molar-refractivity contribution < 1.29 is 28.6 Å². The fourth-order valence-corrected chi connectivity index (χ4v) is 8.39. The van der Waals surface area contributed by atoms with Gasteiger partial charge in [-0.25, -0.2) is 0 Å². The molecule has 0 amide bonds. The first kappa shape index (κ1) is 73.3. The Labute approximate surface area is 480 Å². The SMILES string of the molecule is CC/C=C\C/C=C\C/C=C\C/C=C\C/C=C\C/C=C\C/C=C\CCCCCCCCCC(=O)OCC(COC(=O)CCCCCCCCCCCCCC)OC(=O)CCCCC/C=C\C/C=C\C/C=C\C/C=C\C/C=C\CC. The molecule has 0 aromatic heterocycles. The smallest absolute Gasteiger partial charge is 0.306 e. The number of carbonyl (C=O) groups is 3. The molecule has 6 nitrogen and oxygen atoms in total. The van der Waals surface area contributed by atoms with Gasteiger partial charge in [-0.15, -0.1) is 0 Å². The number of esters is 3. The van der Waals surface area contributed by atoms with Crippen molar-refractivity contribution in [2.45, 2.75) is 277 Å². The van der Waals surface area contributed by atoms with E-state index >= 15 is 0 Å². The van der Waals surface area contributed by atoms with E-state index in [1.807, 2.05) is 0 Å². The molecule has 0 heterocycles. The summed E-state index contributed by atoms with van der Waals surface area (Å²) in [6, 6.07) is 0. The van der Waals surface area contributed by atoms with Crippen LogP contribution in [-0.4, -0.2) is 37.2 Å². The Morgan fingerprint density at radius 3 is 0.795 bits per heavy atom. The van der Waals surface area contributed by atoms with Gasteiger partial charge in [0.1, 0.15) is 13.2 Å². The summed E-state index contributed by atoms with van der Waals surface area (Å²) in [6.07, 6.45) is 92.8. The molecule has 0 bridgehead atoms. The van der Waals surface area contributed by atoms with Gasteiger partial charge in [0.15, 0.2) is 6.10 Å². The van der Waals surface area contributed by atoms with E-state index in [1.54, 1.807) is 0 Å². The van der Waals surface area contributed by atoms with Crippen molar-refractivity contribution in [1.29, 1.82) is 0 Å². The third kappa shape index (κ3) is 62.1. The summed E-state index contributed by atoms with van der Waals surface area (Å²) in [6.45, 7) is 6.37. The van der Waals surface area contributed by atoms with Crippen molar-refractivity contribution in [2.75, 3.05) is 13.2 Å². The Bertz CT molecular complexity index is 1710. The molecule has 0 spiro atoms. The minimum absolute atomic E-state index is 0.0978. The van der Waals surface area contributed by atoms with E-state index in [4.69, 9.17) is 14.2 Å². The number of carbonyl (C=O) groups excluding carboxylic acids is 3. The van der Waals surface area contributed by atoms with Crippen LogP contribution in [0.2, 0.25) is 0 Å². The highest BCUT2D eigenvalue weighted by Gasteiger charge is 2.19. The van der Waals surface area contributed by atoms with E-state index in [9.17, 15) is 14.4 Å². The Hall–Kier alpha value is -4.71. The molecular formula is C72H116O6. The minimum Gasteiger partial charge on any atom is -0.462 e. The number of hydrogen-bond donors (Lipinski definition) is 0. The van der Waals surface area contributed by atoms with Gasteiger partial charge in [0.05, 0.1) is 0 Å². The topological polar surface area (TPSA) is 78.9 Å². The number of hydrogen-bond acceptors (Lipinski definition) is 6. The van der Waals surface area contributed by atoms with E-state index in [2.05, 4.69) is 167 Å². The number of ether oxygens (including phenoxy) is 3. The lowest BCUT2D eigenvalue weighted by atomic mass is 10.0. The highest BCUT2D eigenvalue weighted by molar-refractivity contribution is 5.71. The summed E-state index contributed by atoms with van der Waals surface area (Å²) in [5.74, 6) is -0.942. The van der Waals surface area contributed by atoms with Gasteiger partial charge >= 0.3 is 17.9 Å². The van der Waals surface area contributed by atoms with Crippen molar-refractivity contribution in [2.24, 2.45) is 0 Å². The van der Waals surface area contributed by atoms with Gasteiger partial charge in [0.2, 0.25) is 0 Å². The average Bonchev–Trinajstić information content (AvgIpc) is 3.44. The molecule has 0 aromatic rings. The Balaban J connectivity index is 4.39. The first-order chi connectivity index (χ1) is 38.5. The number of rotatable bonds is 56. The molecule has 1 atom stereocenters. The molecule has 0 aliphatic carbocycles. The zero-order valence-corrected chi connectivity index (χ0v) is 50.4. The summed E-state index contributed by atoms with van der Waals surface area (Å²) < 4.78 is 16.9. The van der Waals surface area contributed by atoms with Crippen molar-refractivity contribution in [1.82, 2.24) is 0 Å². The molecule has 440 valence electrons. The summed E-state index contributed by atoms with van der Waals surface area (Å²) in [5.41, 5.74) is 0. The van der Waals surface area contributed by atoms with Gasteiger partial charge in [-0.3, -0.25) is 14.4 Å². The maximum Gasteiger partial charge on any atom is 0.306 e. The first-order valence-corrected chi connectivity index (χ1v) is 31.8. The normalized spacial score (nSPS) is 13.1. The predicted molar refractivity (Wildman–Crippen MR) is 339 cm³/mol. The summed E-state index contributed by atoms with van der Waals surface area (Å²) in [7, 11) is 0. The Morgan fingerprint density at radius 2 is 0.500 bits per heavy atom. The third-order valence-electron chi connectivity index (χ3n) is 13.1. The van der Waals surface area contributed by atoms with E-state index < -0.39 is 6.10 Å². The second kappa shape index (κ2) is 64.8. The molecule has 1 unspecified atom stereocenters. The highest BCUT2D eigenvalue weighted by Crippen LogP contribution is 2.15. The maximum absolute atomic E-state index is 12.9. The van der Waals surface area contributed by atoms with Crippen LogP contribution in [-0.2, 0) is 28.6 Å². The van der Waals surface area contributed by atoms with Crippen LogP contribution < -0.4 is 0 Å². The molecule has 0 saturated carbocycles. The predicted octanol–water partition coefficient (Wildman–Crippen LogP) is 21.9. The van der Waals surface area contributed by atoms with Gasteiger partial charge in [0.25, 0.3) is 0 Å². The lowest BCUT2D eigenvalue weighted by Crippen LogP contribution is -2.30. The monoisotopic (exact) mass is 1080 g/mol. The van der Waals surface area contributed by atoms with Crippen LogP contribution in [0.15, 0.2) is 146 Å². The van der Waals surface area contributed by atoms with Crippen LogP contribution >= 0.6 is 0 Å². The molecule has 78 heavy (non-hydrogen) atoms. The van der Waals surface area contributed by atoms with Gasteiger partial charge in [0, 0.05) is 19.3 Å². The zero-order valence-electron chi connectivity index (χ0n) is 50.4. The van der Waals surface area contributed by atoms with Crippen LogP contribution in [0, 0.1) is 0 Å². The molecular weight excluding hydrogens is 961 g/mol. The number of allylic oxidation sites excluding steroid dienone is 24. The van der Waals surface area contributed by atoms with Crippen LogP contribution in [0.1, 0.15) is 271 Å². The molecule has 0 saturated heterocycles. The average molecular weight is 1080 g/mol. The van der Waals surface area contributed by atoms with Crippen molar-refractivity contribution in [3.63, 3.8) is 0 Å². The lowest BCUT2D eigenvalue weighted by Gasteiger charge is -2.18. The van der Waals surface area contributed by atoms with Gasteiger partial charge in [-0.2, -0.15) is 0 Å². The Kier molecular flexibility index (Phi) is 60.9. The van der Waals surface area contributed by atoms with Gasteiger partial charge in [-0.05, 0) is 122 Å². The minimum atomic E-state index is -0.805. The Morgan fingerprint density at radius 1 is 0.269 bits per heavy atom. The third-order valence-corrected chi connectivity index (χ3v) is 13.1. The summed E-state index contributed by atoms with van der Waals surface area (Å²) >= 11 is 0. The standard InChI is InChI=1S/C72H116O6/c1-4-7-10-13-16-19-22-25-27-29-31-32-33-34-35-36-37-38-39-40-42-43-45-47-50-53-56-59-62-65-71(74)77-68-69(67-76-70(73)64-61-58-55-52-49-24-21-18-15-12-9-6-3)78-72(75)66-63-60-57-54-51-48-46-44-41-30-28-26-23-20-17-14-11-8-5-2/h7-8,10-11,16-17,19-20,25-28,31-32,34-35,37-38,40-42,44,48,51,69H,4-6,9,12-15,18,21-24,29-30,33,36,39,43,45-47,49-50,52-68H2,1-3H3/b10-7-,11-8-,19-16-,20-17-,27-25-,28-26-,32-31-,35-34-,38-37-,42-40-,44-41-,51-48-. The molecule has 0 aromatic carbocycles. The van der Waals surface area contributed by atoms with Crippen LogP contribution in [0.4, 0.5) is 0 Å². The second-order valence-corrected chi connectivity index (χ2v) is 20.6. The lowest BCUT2D eigenvalue weighted by molar-refractivity contribution is -0.167. The van der Waals surface area contributed by atoms with Crippen LogP contribution in [0.25, 0.3) is 0 Å². The van der Waals surface area contributed by atoms with Gasteiger partial charge in [-0.1, -0.05) is 276 Å². The molecule has 0 aliphatic rings. The van der Waals surface area contributed by atoms with E-state index in [-0.39, 0.29) is 37.5 Å².